The van der Waals surface area contributed by atoms with E-state index in [0.717, 1.165) is 63.5 Å². The summed E-state index contributed by atoms with van der Waals surface area (Å²) in [5, 5.41) is 25.1. The molecule has 2 heterocycles. The number of halogens is 6. The molecule has 22 heteroatoms. The molecule has 2 fully saturated rings. The Labute approximate surface area is 320 Å². The third-order valence-electron chi connectivity index (χ3n) is 10.4. The van der Waals surface area contributed by atoms with E-state index >= 15 is 0 Å². The van der Waals surface area contributed by atoms with Gasteiger partial charge in [-0.05, 0) is 112 Å². The molecule has 14 nitrogen and oxygen atoms in total. The summed E-state index contributed by atoms with van der Waals surface area (Å²) in [4.78, 5) is 5.93. The highest BCUT2D eigenvalue weighted by molar-refractivity contribution is 7.89. The first-order valence-electron chi connectivity index (χ1n) is 18.0. The second kappa shape index (κ2) is 17.4. The number of aliphatic imine (C=N–C) groups is 2. The van der Waals surface area contributed by atoms with Gasteiger partial charge in [0.25, 0.3) is 0 Å². The minimum Gasteiger partial charge on any atom is -0.328 e. The van der Waals surface area contributed by atoms with Crippen molar-refractivity contribution < 1.29 is 43.2 Å². The molecule has 6 rings (SSSR count). The van der Waals surface area contributed by atoms with E-state index in [1.54, 1.807) is 0 Å². The molecule has 8 N–H and O–H groups in total. The van der Waals surface area contributed by atoms with Crippen LogP contribution in [-0.2, 0) is 45.2 Å². The van der Waals surface area contributed by atoms with Crippen molar-refractivity contribution in [1.82, 2.24) is 0 Å². The zero-order valence-electron chi connectivity index (χ0n) is 30.2. The minimum atomic E-state index is -4.88. The van der Waals surface area contributed by atoms with Gasteiger partial charge in [0.2, 0.25) is 20.0 Å². The number of rotatable bonds is 10. The lowest BCUT2D eigenvalue weighted by atomic mass is 9.82. The standard InChI is InChI=1S/2C17H22F3N5O2S/c2*18-17(19,20)13-8-5-11(4-1-10-2-6-12(21)7-3-10)14(15(13)28(22,26)27)16-23-9-24-25-16/h2*5,8,10,12H,1-4,6-7,9,21H2,(H2,22,26,27). The highest BCUT2D eigenvalue weighted by Crippen LogP contribution is 2.40. The monoisotopic (exact) mass is 834 g/mol. The minimum absolute atomic E-state index is 0.0599. The van der Waals surface area contributed by atoms with Gasteiger partial charge in [-0.25, -0.2) is 37.1 Å². The molecule has 0 radical (unpaired) electrons. The van der Waals surface area contributed by atoms with E-state index in [4.69, 9.17) is 21.7 Å². The molecule has 0 unspecified atom stereocenters. The zero-order valence-corrected chi connectivity index (χ0v) is 31.9. The van der Waals surface area contributed by atoms with Crippen LogP contribution in [0.4, 0.5) is 26.3 Å². The van der Waals surface area contributed by atoms with Crippen LogP contribution in [0, 0.1) is 11.8 Å². The Bertz CT molecular complexity index is 1960. The summed E-state index contributed by atoms with van der Waals surface area (Å²) in [6, 6.07) is 4.50. The second-order valence-corrected chi connectivity index (χ2v) is 17.4. The summed E-state index contributed by atoms with van der Waals surface area (Å²) in [6.07, 6.45) is -0.146. The summed E-state index contributed by atoms with van der Waals surface area (Å²) >= 11 is 0. The van der Waals surface area contributed by atoms with E-state index in [1.165, 1.54) is 12.1 Å². The maximum Gasteiger partial charge on any atom is 0.417 e. The fourth-order valence-corrected chi connectivity index (χ4v) is 9.57. The van der Waals surface area contributed by atoms with Gasteiger partial charge >= 0.3 is 12.4 Å². The summed E-state index contributed by atoms with van der Waals surface area (Å²) in [7, 11) is -9.35. The molecule has 0 spiro atoms. The predicted octanol–water partition coefficient (Wildman–Crippen LogP) is 5.95. The van der Waals surface area contributed by atoms with Crippen LogP contribution >= 0.6 is 0 Å². The van der Waals surface area contributed by atoms with Crippen LogP contribution < -0.4 is 21.7 Å². The largest absolute Gasteiger partial charge is 0.417 e. The molecule has 0 amide bonds. The maximum absolute atomic E-state index is 13.5. The van der Waals surface area contributed by atoms with Crippen LogP contribution in [0.5, 0.6) is 0 Å². The second-order valence-electron chi connectivity index (χ2n) is 14.4. The Morgan fingerprint density at radius 3 is 1.18 bits per heavy atom. The molecule has 0 aromatic heterocycles. The van der Waals surface area contributed by atoms with E-state index < -0.39 is 53.3 Å². The van der Waals surface area contributed by atoms with E-state index in [0.29, 0.717) is 48.6 Å². The first-order chi connectivity index (χ1) is 26.1. The van der Waals surface area contributed by atoms with Gasteiger partial charge in [-0.2, -0.15) is 36.6 Å². The maximum atomic E-state index is 13.5. The number of hydrogen-bond donors (Lipinski definition) is 4. The number of nitrogens with two attached hydrogens (primary N) is 4. The highest BCUT2D eigenvalue weighted by Gasteiger charge is 2.41. The topological polar surface area (TPSA) is 247 Å². The number of nitrogens with zero attached hydrogens (tertiary/aromatic N) is 6. The van der Waals surface area contributed by atoms with Crippen LogP contribution in [0.1, 0.15) is 97.6 Å². The lowest BCUT2D eigenvalue weighted by Crippen LogP contribution is -2.27. The van der Waals surface area contributed by atoms with Crippen molar-refractivity contribution in [2.45, 2.75) is 111 Å². The SMILES string of the molecule is NC1CCC(CCc2ccc(C(F)(F)F)c(S(N)(=O)=O)c2C2=NCN=N2)CC1.NC1CCC(CCc2ccc(C(F)(F)F)c(S(N)(=O)=O)c2C2=NCN=N2)CC1. The lowest BCUT2D eigenvalue weighted by Gasteiger charge is -2.26. The quantitative estimate of drug-likeness (QED) is 0.211. The number of azo groups is 2. The summed E-state index contributed by atoms with van der Waals surface area (Å²) in [5.74, 6) is 0.520. The Kier molecular flexibility index (Phi) is 13.5. The molecule has 2 aliphatic heterocycles. The van der Waals surface area contributed by atoms with Crippen molar-refractivity contribution in [2.24, 2.45) is 64.0 Å². The van der Waals surface area contributed by atoms with Crippen LogP contribution in [-0.4, -0.2) is 53.9 Å². The Morgan fingerprint density at radius 2 is 0.911 bits per heavy atom. The number of primary sulfonamides is 2. The van der Waals surface area contributed by atoms with Crippen LogP contribution in [0.3, 0.4) is 0 Å². The fraction of sp³-hybridized carbons (Fsp3) is 0.588. The van der Waals surface area contributed by atoms with Crippen molar-refractivity contribution in [3.8, 4) is 0 Å². The van der Waals surface area contributed by atoms with Gasteiger partial charge in [0.1, 0.15) is 9.79 Å². The van der Waals surface area contributed by atoms with Gasteiger partial charge in [0, 0.05) is 23.2 Å². The lowest BCUT2D eigenvalue weighted by molar-refractivity contribution is -0.140. The van der Waals surface area contributed by atoms with Gasteiger partial charge in [-0.15, -0.1) is 10.2 Å². The number of benzene rings is 2. The highest BCUT2D eigenvalue weighted by atomic mass is 32.2. The van der Waals surface area contributed by atoms with Gasteiger partial charge in [-0.3, -0.25) is 0 Å². The first-order valence-corrected chi connectivity index (χ1v) is 21.1. The molecule has 308 valence electrons. The molecule has 2 saturated carbocycles. The van der Waals surface area contributed by atoms with E-state index in [-0.39, 0.29) is 48.2 Å². The number of aryl methyl sites for hydroxylation is 2. The fourth-order valence-electron chi connectivity index (χ4n) is 7.58. The van der Waals surface area contributed by atoms with Crippen molar-refractivity contribution in [2.75, 3.05) is 13.3 Å². The number of alkyl halides is 6. The van der Waals surface area contributed by atoms with Gasteiger partial charge in [0.05, 0.1) is 11.1 Å². The van der Waals surface area contributed by atoms with E-state index in [9.17, 15) is 43.2 Å². The van der Waals surface area contributed by atoms with Crippen LogP contribution in [0.2, 0.25) is 0 Å². The van der Waals surface area contributed by atoms with Crippen molar-refractivity contribution in [3.63, 3.8) is 0 Å². The summed E-state index contributed by atoms with van der Waals surface area (Å²) in [5.41, 5.74) is 9.65. The van der Waals surface area contributed by atoms with Crippen molar-refractivity contribution in [1.29, 1.82) is 0 Å². The molecule has 0 atom stereocenters. The molecule has 2 aliphatic carbocycles. The smallest absolute Gasteiger partial charge is 0.328 e. The Morgan fingerprint density at radius 1 is 0.571 bits per heavy atom. The molecule has 2 aromatic rings. The zero-order chi connectivity index (χ0) is 41.1. The molecule has 56 heavy (non-hydrogen) atoms. The Balaban J connectivity index is 0.000000214. The Hall–Kier alpha value is -3.70. The average Bonchev–Trinajstić information content (AvgIpc) is 3.85. The molecule has 0 saturated heterocycles. The van der Waals surface area contributed by atoms with Crippen LogP contribution in [0.25, 0.3) is 0 Å². The van der Waals surface area contributed by atoms with Crippen molar-refractivity contribution in [3.05, 3.63) is 57.6 Å². The third kappa shape index (κ3) is 10.8. The van der Waals surface area contributed by atoms with E-state index in [1.807, 2.05) is 0 Å². The number of sulfonamides is 2. The first kappa shape index (κ1) is 43.4. The number of hydrogen-bond acceptors (Lipinski definition) is 12. The normalized spacial score (nSPS) is 23.1. The van der Waals surface area contributed by atoms with E-state index in [2.05, 4.69) is 30.4 Å². The van der Waals surface area contributed by atoms with Gasteiger partial charge < -0.3 is 11.5 Å². The molecular weight excluding hydrogens is 791 g/mol. The van der Waals surface area contributed by atoms with Crippen LogP contribution in [0.15, 0.2) is 64.5 Å². The summed E-state index contributed by atoms with van der Waals surface area (Å²) < 4.78 is 129. The molecular formula is C34H44F6N10O4S2. The van der Waals surface area contributed by atoms with Crippen molar-refractivity contribution >= 4 is 31.7 Å². The summed E-state index contributed by atoms with van der Waals surface area (Å²) in [6.45, 7) is -0.120. The van der Waals surface area contributed by atoms with Gasteiger partial charge in [-0.1, -0.05) is 12.1 Å². The predicted molar refractivity (Wildman–Crippen MR) is 195 cm³/mol. The van der Waals surface area contributed by atoms with Gasteiger partial charge in [0.15, 0.2) is 25.0 Å². The molecule has 4 aliphatic rings. The third-order valence-corrected chi connectivity index (χ3v) is 12.4. The number of amidine groups is 2. The average molecular weight is 835 g/mol. The molecule has 2 aromatic carbocycles. The molecule has 0 bridgehead atoms.